The molecule has 2 atom stereocenters. The standard InChI is InChI=1S/C28H36N8O/c1-16(2)25-26(21-13-36-28(29-15-30-36)18(4)17(21)3)31-22-7-8-23(32-27(22)25)35-12-20-11-19(35)9-10-34(20)24(37)14-33(5)6/h7-8,13,15-16,19-20,31H,9-12,14H2,1-6H3/t19-,20+/m0/s1. The third kappa shape index (κ3) is 3.87. The summed E-state index contributed by atoms with van der Waals surface area (Å²) in [5.74, 6) is 1.52. The molecule has 2 aliphatic rings. The molecule has 0 unspecified atom stereocenters. The molecule has 4 aromatic rings. The van der Waals surface area contributed by atoms with Gasteiger partial charge in [-0.15, -0.1) is 0 Å². The van der Waals surface area contributed by atoms with E-state index >= 15 is 0 Å². The van der Waals surface area contributed by atoms with Crippen molar-refractivity contribution < 1.29 is 4.79 Å². The minimum absolute atomic E-state index is 0.228. The van der Waals surface area contributed by atoms with Crippen molar-refractivity contribution in [2.45, 2.75) is 58.5 Å². The monoisotopic (exact) mass is 500 g/mol. The number of fused-ring (bicyclic) bond motifs is 4. The third-order valence-electron chi connectivity index (χ3n) is 8.24. The number of pyridine rings is 2. The highest BCUT2D eigenvalue weighted by Gasteiger charge is 2.42. The van der Waals surface area contributed by atoms with Gasteiger partial charge >= 0.3 is 0 Å². The number of likely N-dealkylation sites (N-methyl/N-ethyl adjacent to an activating group) is 1. The quantitative estimate of drug-likeness (QED) is 0.449. The number of rotatable bonds is 5. The highest BCUT2D eigenvalue weighted by Crippen LogP contribution is 2.39. The maximum Gasteiger partial charge on any atom is 0.237 e. The highest BCUT2D eigenvalue weighted by atomic mass is 16.2. The van der Waals surface area contributed by atoms with Crippen LogP contribution < -0.4 is 4.90 Å². The molecule has 0 saturated carbocycles. The summed E-state index contributed by atoms with van der Waals surface area (Å²) in [4.78, 5) is 32.7. The number of anilines is 1. The average Bonchev–Trinajstić information content (AvgIpc) is 3.55. The van der Waals surface area contributed by atoms with Crippen LogP contribution in [-0.2, 0) is 4.79 Å². The number of aromatic amines is 1. The number of hydrogen-bond donors (Lipinski definition) is 1. The smallest absolute Gasteiger partial charge is 0.237 e. The Morgan fingerprint density at radius 2 is 2.00 bits per heavy atom. The van der Waals surface area contributed by atoms with Gasteiger partial charge in [0.25, 0.3) is 0 Å². The lowest BCUT2D eigenvalue weighted by molar-refractivity contribution is -0.134. The van der Waals surface area contributed by atoms with Gasteiger partial charge in [-0.25, -0.2) is 14.5 Å². The molecule has 2 fully saturated rings. The topological polar surface area (TPSA) is 85.7 Å². The van der Waals surface area contributed by atoms with Gasteiger partial charge in [-0.2, -0.15) is 5.10 Å². The summed E-state index contributed by atoms with van der Waals surface area (Å²) >= 11 is 0. The van der Waals surface area contributed by atoms with Gasteiger partial charge in [0.05, 0.1) is 29.3 Å². The molecule has 2 aliphatic heterocycles. The van der Waals surface area contributed by atoms with Crippen LogP contribution in [0.1, 0.15) is 49.3 Å². The molecule has 1 amide bonds. The number of nitrogens with zero attached hydrogens (tertiary/aromatic N) is 7. The number of amides is 1. The van der Waals surface area contributed by atoms with E-state index in [1.54, 1.807) is 6.33 Å². The van der Waals surface area contributed by atoms with E-state index in [2.05, 4.69) is 70.9 Å². The maximum atomic E-state index is 12.8. The molecule has 2 saturated heterocycles. The van der Waals surface area contributed by atoms with E-state index in [1.165, 1.54) is 11.1 Å². The van der Waals surface area contributed by atoms with Crippen LogP contribution in [0.25, 0.3) is 27.9 Å². The second kappa shape index (κ2) is 8.83. The van der Waals surface area contributed by atoms with Crippen molar-refractivity contribution in [1.82, 2.24) is 34.4 Å². The Hall–Kier alpha value is -3.46. The fourth-order valence-corrected chi connectivity index (χ4v) is 6.30. The molecule has 9 heteroatoms. The first-order valence-corrected chi connectivity index (χ1v) is 13.3. The molecule has 0 radical (unpaired) electrons. The zero-order chi connectivity index (χ0) is 26.0. The molecule has 0 aliphatic carbocycles. The number of aryl methyl sites for hydroxylation is 1. The minimum Gasteiger partial charge on any atom is -0.353 e. The Kier molecular flexibility index (Phi) is 5.71. The van der Waals surface area contributed by atoms with Crippen molar-refractivity contribution >= 4 is 28.4 Å². The summed E-state index contributed by atoms with van der Waals surface area (Å²) in [7, 11) is 3.91. The molecule has 0 aromatic carbocycles. The fraction of sp³-hybridized carbons (Fsp3) is 0.500. The van der Waals surface area contributed by atoms with Gasteiger partial charge in [0, 0.05) is 36.5 Å². The molecule has 6 heterocycles. The molecule has 0 spiro atoms. The van der Waals surface area contributed by atoms with Gasteiger partial charge < -0.3 is 19.7 Å². The van der Waals surface area contributed by atoms with Crippen molar-refractivity contribution in [2.75, 3.05) is 38.6 Å². The Morgan fingerprint density at radius 1 is 1.19 bits per heavy atom. The Bertz CT molecular complexity index is 1500. The minimum atomic E-state index is 0.228. The predicted octanol–water partition coefficient (Wildman–Crippen LogP) is 3.75. The van der Waals surface area contributed by atoms with Crippen molar-refractivity contribution in [3.8, 4) is 11.3 Å². The van der Waals surface area contributed by atoms with E-state index in [1.807, 2.05) is 23.5 Å². The SMILES string of the molecule is Cc1c(-c2[nH]c3ccc(N4C[C@H]5C[C@@H]4CCN5C(=O)CN(C)C)nc3c2C(C)C)cn2ncnc2c1C. The lowest BCUT2D eigenvalue weighted by Crippen LogP contribution is -2.47. The second-order valence-electron chi connectivity index (χ2n) is 11.3. The number of piperidine rings is 1. The van der Waals surface area contributed by atoms with Crippen LogP contribution in [0.4, 0.5) is 5.82 Å². The van der Waals surface area contributed by atoms with Crippen LogP contribution in [-0.4, -0.2) is 86.1 Å². The largest absolute Gasteiger partial charge is 0.353 e. The lowest BCUT2D eigenvalue weighted by Gasteiger charge is -2.33. The molecular weight excluding hydrogens is 464 g/mol. The highest BCUT2D eigenvalue weighted by molar-refractivity contribution is 5.90. The Morgan fingerprint density at radius 3 is 2.76 bits per heavy atom. The third-order valence-corrected chi connectivity index (χ3v) is 8.24. The van der Waals surface area contributed by atoms with Crippen molar-refractivity contribution in [1.29, 1.82) is 0 Å². The zero-order valence-corrected chi connectivity index (χ0v) is 22.6. The summed E-state index contributed by atoms with van der Waals surface area (Å²) in [6.45, 7) is 10.9. The summed E-state index contributed by atoms with van der Waals surface area (Å²) in [5.41, 5.74) is 8.76. The number of carbonyl (C=O) groups excluding carboxylic acids is 1. The first-order valence-electron chi connectivity index (χ1n) is 13.3. The van der Waals surface area contributed by atoms with E-state index in [4.69, 9.17) is 4.98 Å². The number of likely N-dealkylation sites (tertiary alicyclic amines) is 1. The van der Waals surface area contributed by atoms with Crippen LogP contribution in [0.3, 0.4) is 0 Å². The van der Waals surface area contributed by atoms with Gasteiger partial charge in [-0.1, -0.05) is 13.8 Å². The van der Waals surface area contributed by atoms with Crippen molar-refractivity contribution in [3.63, 3.8) is 0 Å². The number of carbonyl (C=O) groups is 1. The number of hydrogen-bond acceptors (Lipinski definition) is 6. The molecule has 4 aromatic heterocycles. The Labute approximate surface area is 217 Å². The van der Waals surface area contributed by atoms with Crippen LogP contribution in [0.2, 0.25) is 0 Å². The van der Waals surface area contributed by atoms with Gasteiger partial charge in [0.2, 0.25) is 5.91 Å². The molecule has 1 N–H and O–H groups in total. The Balaban J connectivity index is 1.39. The van der Waals surface area contributed by atoms with Gasteiger partial charge in [-0.3, -0.25) is 4.79 Å². The second-order valence-corrected chi connectivity index (χ2v) is 11.3. The van der Waals surface area contributed by atoms with Crippen LogP contribution >= 0.6 is 0 Å². The van der Waals surface area contributed by atoms with Crippen LogP contribution in [0, 0.1) is 13.8 Å². The van der Waals surface area contributed by atoms with Gasteiger partial charge in [0.1, 0.15) is 12.1 Å². The molecule has 9 nitrogen and oxygen atoms in total. The van der Waals surface area contributed by atoms with E-state index < -0.39 is 0 Å². The number of nitrogens with one attached hydrogen (secondary N) is 1. The summed E-state index contributed by atoms with van der Waals surface area (Å²) in [6, 6.07) is 4.99. The number of H-pyrrole nitrogens is 1. The molecule has 2 bridgehead atoms. The lowest BCUT2D eigenvalue weighted by atomic mass is 9.95. The number of aromatic nitrogens is 5. The summed E-state index contributed by atoms with van der Waals surface area (Å²) < 4.78 is 1.86. The summed E-state index contributed by atoms with van der Waals surface area (Å²) in [6.07, 6.45) is 5.69. The normalized spacial score (nSPS) is 19.8. The van der Waals surface area contributed by atoms with Gasteiger partial charge in [0.15, 0.2) is 5.65 Å². The fourth-order valence-electron chi connectivity index (χ4n) is 6.30. The van der Waals surface area contributed by atoms with E-state index in [9.17, 15) is 4.79 Å². The average molecular weight is 501 g/mol. The predicted molar refractivity (Wildman–Crippen MR) is 146 cm³/mol. The van der Waals surface area contributed by atoms with E-state index in [0.29, 0.717) is 12.6 Å². The molecule has 37 heavy (non-hydrogen) atoms. The van der Waals surface area contributed by atoms with Gasteiger partial charge in [-0.05, 0) is 70.0 Å². The van der Waals surface area contributed by atoms with E-state index in [0.717, 1.165) is 65.3 Å². The van der Waals surface area contributed by atoms with Crippen LogP contribution in [0.15, 0.2) is 24.7 Å². The maximum absolute atomic E-state index is 12.8. The zero-order valence-electron chi connectivity index (χ0n) is 22.6. The first-order chi connectivity index (χ1) is 17.7. The van der Waals surface area contributed by atoms with E-state index in [-0.39, 0.29) is 17.9 Å². The molecular formula is C28H36N8O. The molecule has 6 rings (SSSR count). The van der Waals surface area contributed by atoms with Crippen molar-refractivity contribution in [3.05, 3.63) is 41.3 Å². The molecule has 194 valence electrons. The van der Waals surface area contributed by atoms with Crippen LogP contribution in [0.5, 0.6) is 0 Å². The van der Waals surface area contributed by atoms with Crippen molar-refractivity contribution in [2.24, 2.45) is 0 Å². The summed E-state index contributed by atoms with van der Waals surface area (Å²) in [5, 5.41) is 4.41. The first kappa shape index (κ1) is 23.9.